The van der Waals surface area contributed by atoms with Crippen molar-refractivity contribution in [1.82, 2.24) is 5.32 Å². The quantitative estimate of drug-likeness (QED) is 0.714. The summed E-state index contributed by atoms with van der Waals surface area (Å²) in [6.07, 6.45) is -0.368. The number of carbonyl (C=O) groups is 2. The van der Waals surface area contributed by atoms with Crippen molar-refractivity contribution in [1.29, 1.82) is 0 Å². The monoisotopic (exact) mass is 307 g/mol. The van der Waals surface area contributed by atoms with Crippen LogP contribution in [0.5, 0.6) is 0 Å². The molecule has 0 radical (unpaired) electrons. The molecule has 118 valence electrons. The molecule has 0 aromatic rings. The summed E-state index contributed by atoms with van der Waals surface area (Å²) in [7, 11) is 1.63. The van der Waals surface area contributed by atoms with Crippen molar-refractivity contribution in [2.75, 3.05) is 19.5 Å². The lowest BCUT2D eigenvalue weighted by Gasteiger charge is -2.22. The molecule has 0 aromatic carbocycles. The number of rotatable bonds is 8. The molecule has 1 amide bonds. The maximum atomic E-state index is 11.5. The molecule has 6 nitrogen and oxygen atoms in total. The maximum Gasteiger partial charge on any atom is 0.408 e. The predicted octanol–water partition coefficient (Wildman–Crippen LogP) is 2.12. The zero-order chi connectivity index (χ0) is 15.8. The molecule has 0 aliphatic rings. The highest BCUT2D eigenvalue weighted by Gasteiger charge is 2.23. The maximum absolute atomic E-state index is 11.5. The number of carboxylic acid groups (broad SMARTS) is 1. The van der Waals surface area contributed by atoms with E-state index in [9.17, 15) is 9.59 Å². The fourth-order valence-corrected chi connectivity index (χ4v) is 2.38. The van der Waals surface area contributed by atoms with Gasteiger partial charge in [-0.15, -0.1) is 0 Å². The standard InChI is InChI=1S/C13H25NO5S/c1-9(8-18-5)20-7-6-10(11(15)16)14-12(17)19-13(2,3)4/h9-10H,6-8H2,1-5H3,(H,14,17)(H,15,16). The minimum Gasteiger partial charge on any atom is -0.480 e. The van der Waals surface area contributed by atoms with Crippen molar-refractivity contribution in [2.24, 2.45) is 0 Å². The Kier molecular flexibility index (Phi) is 8.64. The molecule has 0 aliphatic carbocycles. The van der Waals surface area contributed by atoms with Gasteiger partial charge in [0.2, 0.25) is 0 Å². The Morgan fingerprint density at radius 2 is 1.95 bits per heavy atom. The highest BCUT2D eigenvalue weighted by Crippen LogP contribution is 2.13. The first-order chi connectivity index (χ1) is 9.15. The molecule has 2 N–H and O–H groups in total. The van der Waals surface area contributed by atoms with Crippen molar-refractivity contribution < 1.29 is 24.2 Å². The van der Waals surface area contributed by atoms with E-state index in [4.69, 9.17) is 14.6 Å². The number of methoxy groups -OCH3 is 1. The van der Waals surface area contributed by atoms with Crippen LogP contribution in [-0.4, -0.2) is 53.5 Å². The first-order valence-electron chi connectivity index (χ1n) is 6.48. The van der Waals surface area contributed by atoms with Gasteiger partial charge in [-0.3, -0.25) is 0 Å². The van der Waals surface area contributed by atoms with Gasteiger partial charge in [-0.05, 0) is 32.9 Å². The van der Waals surface area contributed by atoms with Crippen molar-refractivity contribution >= 4 is 23.8 Å². The van der Waals surface area contributed by atoms with Gasteiger partial charge in [-0.2, -0.15) is 11.8 Å². The van der Waals surface area contributed by atoms with Crippen LogP contribution in [0.1, 0.15) is 34.1 Å². The molecule has 0 heterocycles. The average molecular weight is 307 g/mol. The van der Waals surface area contributed by atoms with E-state index in [1.54, 1.807) is 39.6 Å². The lowest BCUT2D eigenvalue weighted by molar-refractivity contribution is -0.139. The van der Waals surface area contributed by atoms with Crippen molar-refractivity contribution in [3.63, 3.8) is 0 Å². The molecule has 0 saturated heterocycles. The van der Waals surface area contributed by atoms with E-state index in [2.05, 4.69) is 5.32 Å². The molecule has 7 heteroatoms. The predicted molar refractivity (Wildman–Crippen MR) is 79.2 cm³/mol. The van der Waals surface area contributed by atoms with Crippen LogP contribution in [0.4, 0.5) is 4.79 Å². The number of amides is 1. The molecule has 0 aromatic heterocycles. The van der Waals surface area contributed by atoms with Gasteiger partial charge in [-0.25, -0.2) is 9.59 Å². The molecule has 0 bridgehead atoms. The van der Waals surface area contributed by atoms with Crippen LogP contribution in [0.2, 0.25) is 0 Å². The van der Waals surface area contributed by atoms with E-state index in [1.165, 1.54) is 0 Å². The molecule has 0 rings (SSSR count). The van der Waals surface area contributed by atoms with E-state index in [0.29, 0.717) is 18.8 Å². The average Bonchev–Trinajstić information content (AvgIpc) is 2.25. The highest BCUT2D eigenvalue weighted by molar-refractivity contribution is 7.99. The van der Waals surface area contributed by atoms with Gasteiger partial charge in [0.25, 0.3) is 0 Å². The van der Waals surface area contributed by atoms with E-state index in [1.807, 2.05) is 6.92 Å². The highest BCUT2D eigenvalue weighted by atomic mass is 32.2. The van der Waals surface area contributed by atoms with Crippen LogP contribution in [0.3, 0.4) is 0 Å². The minimum absolute atomic E-state index is 0.288. The van der Waals surface area contributed by atoms with Crippen LogP contribution in [0.25, 0.3) is 0 Å². The summed E-state index contributed by atoms with van der Waals surface area (Å²) >= 11 is 1.61. The largest absolute Gasteiger partial charge is 0.480 e. The number of alkyl carbamates (subject to hydrolysis) is 1. The van der Waals surface area contributed by atoms with Gasteiger partial charge in [0.05, 0.1) is 6.61 Å². The smallest absolute Gasteiger partial charge is 0.408 e. The van der Waals surface area contributed by atoms with Crippen LogP contribution in [-0.2, 0) is 14.3 Å². The Labute approximate surface area is 124 Å². The van der Waals surface area contributed by atoms with Crippen LogP contribution in [0, 0.1) is 0 Å². The van der Waals surface area contributed by atoms with Gasteiger partial charge >= 0.3 is 12.1 Å². The van der Waals surface area contributed by atoms with Gasteiger partial charge < -0.3 is 19.9 Å². The molecule has 0 fully saturated rings. The SMILES string of the molecule is COCC(C)SCCC(NC(=O)OC(C)(C)C)C(=O)O. The third kappa shape index (κ3) is 9.91. The van der Waals surface area contributed by atoms with Crippen LogP contribution >= 0.6 is 11.8 Å². The number of ether oxygens (including phenoxy) is 2. The summed E-state index contributed by atoms with van der Waals surface area (Å²) in [5.74, 6) is -0.437. The Hall–Kier alpha value is -0.950. The number of aliphatic carboxylic acids is 1. The summed E-state index contributed by atoms with van der Waals surface area (Å²) < 4.78 is 10.0. The van der Waals surface area contributed by atoms with E-state index in [0.717, 1.165) is 0 Å². The Morgan fingerprint density at radius 3 is 2.40 bits per heavy atom. The van der Waals surface area contributed by atoms with Gasteiger partial charge in [-0.1, -0.05) is 6.92 Å². The molecule has 0 spiro atoms. The molecular weight excluding hydrogens is 282 g/mol. The zero-order valence-electron chi connectivity index (χ0n) is 12.8. The lowest BCUT2D eigenvalue weighted by atomic mass is 10.2. The summed E-state index contributed by atoms with van der Waals surface area (Å²) in [6, 6.07) is -0.938. The summed E-state index contributed by atoms with van der Waals surface area (Å²) in [5, 5.41) is 11.7. The molecule has 2 atom stereocenters. The Morgan fingerprint density at radius 1 is 1.35 bits per heavy atom. The van der Waals surface area contributed by atoms with Gasteiger partial charge in [0.1, 0.15) is 11.6 Å². The first kappa shape index (κ1) is 19.1. The summed E-state index contributed by atoms with van der Waals surface area (Å²) in [5.41, 5.74) is -0.644. The zero-order valence-corrected chi connectivity index (χ0v) is 13.6. The Balaban J connectivity index is 4.18. The van der Waals surface area contributed by atoms with Gasteiger partial charge in [0, 0.05) is 12.4 Å². The lowest BCUT2D eigenvalue weighted by Crippen LogP contribution is -2.43. The second-order valence-corrected chi connectivity index (χ2v) is 7.01. The molecule has 0 aliphatic heterocycles. The van der Waals surface area contributed by atoms with E-state index < -0.39 is 23.7 Å². The fraction of sp³-hybridized carbons (Fsp3) is 0.846. The third-order valence-corrected chi connectivity index (χ3v) is 3.38. The van der Waals surface area contributed by atoms with Crippen molar-refractivity contribution in [3.05, 3.63) is 0 Å². The first-order valence-corrected chi connectivity index (χ1v) is 7.53. The third-order valence-electron chi connectivity index (χ3n) is 2.20. The number of hydrogen-bond acceptors (Lipinski definition) is 5. The number of hydrogen-bond donors (Lipinski definition) is 2. The second-order valence-electron chi connectivity index (χ2n) is 5.46. The van der Waals surface area contributed by atoms with Crippen molar-refractivity contribution in [3.8, 4) is 0 Å². The fourth-order valence-electron chi connectivity index (χ4n) is 1.38. The minimum atomic E-state index is -1.06. The molecule has 2 unspecified atom stereocenters. The number of thioether (sulfide) groups is 1. The number of carbonyl (C=O) groups excluding carboxylic acids is 1. The van der Waals surface area contributed by atoms with Crippen molar-refractivity contribution in [2.45, 2.75) is 51.0 Å². The van der Waals surface area contributed by atoms with E-state index >= 15 is 0 Å². The normalized spacial score (nSPS) is 14.4. The number of nitrogens with one attached hydrogen (secondary N) is 1. The van der Waals surface area contributed by atoms with Crippen LogP contribution < -0.4 is 5.32 Å². The van der Waals surface area contributed by atoms with Gasteiger partial charge in [0.15, 0.2) is 0 Å². The topological polar surface area (TPSA) is 84.9 Å². The summed E-state index contributed by atoms with van der Waals surface area (Å²) in [6.45, 7) is 7.80. The molecule has 0 saturated carbocycles. The number of carboxylic acids is 1. The molecule has 20 heavy (non-hydrogen) atoms. The van der Waals surface area contributed by atoms with E-state index in [-0.39, 0.29) is 5.25 Å². The van der Waals surface area contributed by atoms with Crippen LogP contribution in [0.15, 0.2) is 0 Å². The molecular formula is C13H25NO5S. The summed E-state index contributed by atoms with van der Waals surface area (Å²) in [4.78, 5) is 22.6. The Bertz CT molecular complexity index is 316. The second kappa shape index (κ2) is 9.07.